The molecule has 2 aromatic heterocycles. The molecule has 0 saturated carbocycles. The second-order valence-corrected chi connectivity index (χ2v) is 10.5. The van der Waals surface area contributed by atoms with Gasteiger partial charge < -0.3 is 14.6 Å². The number of sulfone groups is 1. The number of anilines is 1. The molecule has 0 aliphatic carbocycles. The number of hydrogen-bond acceptors (Lipinski definition) is 6. The third-order valence-electron chi connectivity index (χ3n) is 4.11. The van der Waals surface area contributed by atoms with Crippen molar-refractivity contribution in [3.05, 3.63) is 53.4 Å². The van der Waals surface area contributed by atoms with Gasteiger partial charge in [0.05, 0.1) is 28.5 Å². The molecule has 2 heterocycles. The lowest BCUT2D eigenvalue weighted by molar-refractivity contribution is 0.102. The summed E-state index contributed by atoms with van der Waals surface area (Å²) >= 11 is 6.00. The number of carbonyl (C=O) groups excluding carboxylic acids is 1. The van der Waals surface area contributed by atoms with E-state index in [1.165, 1.54) is 18.2 Å². The third kappa shape index (κ3) is 5.83. The van der Waals surface area contributed by atoms with Crippen LogP contribution >= 0.6 is 11.6 Å². The first-order chi connectivity index (χ1) is 14.3. The van der Waals surface area contributed by atoms with Crippen LogP contribution in [0.4, 0.5) is 5.69 Å². The molecule has 0 saturated heterocycles. The van der Waals surface area contributed by atoms with Gasteiger partial charge in [0, 0.05) is 30.2 Å². The molecule has 0 aliphatic rings. The first-order valence-electron chi connectivity index (χ1n) is 9.32. The van der Waals surface area contributed by atoms with Gasteiger partial charge in [-0.15, -0.1) is 0 Å². The molecule has 0 fully saturated rings. The molecule has 1 amide bonds. The molecular weight excluding hydrogens is 440 g/mol. The topological polar surface area (TPSA) is 103 Å². The van der Waals surface area contributed by atoms with Gasteiger partial charge in [-0.1, -0.05) is 11.6 Å². The van der Waals surface area contributed by atoms with Crippen molar-refractivity contribution in [1.82, 2.24) is 14.5 Å². The van der Waals surface area contributed by atoms with Crippen molar-refractivity contribution in [2.75, 3.05) is 11.6 Å². The zero-order chi connectivity index (χ0) is 23.0. The van der Waals surface area contributed by atoms with E-state index in [2.05, 4.69) is 15.3 Å². The molecule has 31 heavy (non-hydrogen) atoms. The zero-order valence-corrected chi connectivity index (χ0v) is 19.4. The summed E-state index contributed by atoms with van der Waals surface area (Å²) in [6, 6.07) is 5.82. The number of ether oxygens (including phenoxy) is 1. The summed E-state index contributed by atoms with van der Waals surface area (Å²) in [6.07, 6.45) is 5.87. The molecule has 1 N–H and O–H groups in total. The van der Waals surface area contributed by atoms with E-state index >= 15 is 0 Å². The van der Waals surface area contributed by atoms with Gasteiger partial charge in [0.25, 0.3) is 5.91 Å². The normalized spacial score (nSPS) is 11.9. The number of aromatic nitrogens is 3. The fraction of sp³-hybridized carbons (Fsp3) is 0.286. The molecule has 10 heteroatoms. The predicted molar refractivity (Wildman–Crippen MR) is 119 cm³/mol. The van der Waals surface area contributed by atoms with Crippen molar-refractivity contribution in [1.29, 1.82) is 0 Å². The maximum absolute atomic E-state index is 12.7. The summed E-state index contributed by atoms with van der Waals surface area (Å²) in [4.78, 5) is 21.4. The zero-order valence-electron chi connectivity index (χ0n) is 17.8. The second-order valence-electron chi connectivity index (χ2n) is 8.08. The fourth-order valence-corrected chi connectivity index (χ4v) is 3.80. The molecule has 0 atom stereocenters. The quantitative estimate of drug-likeness (QED) is 0.615. The predicted octanol–water partition coefficient (Wildman–Crippen LogP) is 3.97. The van der Waals surface area contributed by atoms with Crippen LogP contribution in [0, 0.1) is 0 Å². The van der Waals surface area contributed by atoms with Crippen LogP contribution in [0.3, 0.4) is 0 Å². The van der Waals surface area contributed by atoms with E-state index < -0.39 is 15.7 Å². The molecule has 0 unspecified atom stereocenters. The Hall–Kier alpha value is -2.91. The average molecular weight is 463 g/mol. The maximum Gasteiger partial charge on any atom is 0.257 e. The summed E-state index contributed by atoms with van der Waals surface area (Å²) in [5.41, 5.74) is 0.911. The Kier molecular flexibility index (Phi) is 6.11. The largest absolute Gasteiger partial charge is 0.485 e. The van der Waals surface area contributed by atoms with E-state index in [-0.39, 0.29) is 21.2 Å². The van der Waals surface area contributed by atoms with Crippen LogP contribution < -0.4 is 10.1 Å². The van der Waals surface area contributed by atoms with Crippen LogP contribution in [0.2, 0.25) is 5.02 Å². The fourth-order valence-electron chi connectivity index (χ4n) is 2.82. The van der Waals surface area contributed by atoms with Crippen LogP contribution in [0.1, 0.15) is 31.1 Å². The van der Waals surface area contributed by atoms with Crippen molar-refractivity contribution in [2.45, 2.75) is 31.3 Å². The van der Waals surface area contributed by atoms with Crippen LogP contribution in [-0.4, -0.2) is 40.7 Å². The monoisotopic (exact) mass is 462 g/mol. The van der Waals surface area contributed by atoms with E-state index in [1.807, 2.05) is 20.8 Å². The van der Waals surface area contributed by atoms with Crippen LogP contribution in [0.5, 0.6) is 5.75 Å². The molecule has 3 rings (SSSR count). The number of carbonyl (C=O) groups is 1. The molecule has 8 nitrogen and oxygen atoms in total. The summed E-state index contributed by atoms with van der Waals surface area (Å²) in [7, 11) is -1.69. The lowest BCUT2D eigenvalue weighted by Crippen LogP contribution is -2.23. The van der Waals surface area contributed by atoms with Crippen molar-refractivity contribution >= 4 is 33.0 Å². The highest BCUT2D eigenvalue weighted by molar-refractivity contribution is 7.90. The van der Waals surface area contributed by atoms with Gasteiger partial charge >= 0.3 is 0 Å². The Morgan fingerprint density at radius 2 is 1.77 bits per heavy atom. The molecular formula is C21H23ClN4O4S. The van der Waals surface area contributed by atoms with Gasteiger partial charge in [-0.3, -0.25) is 4.79 Å². The number of nitrogens with one attached hydrogen (secondary N) is 1. The van der Waals surface area contributed by atoms with Gasteiger partial charge in [0.2, 0.25) is 0 Å². The Balaban J connectivity index is 1.82. The number of halogens is 1. The van der Waals surface area contributed by atoms with Gasteiger partial charge in [0.1, 0.15) is 5.60 Å². The Morgan fingerprint density at radius 3 is 2.35 bits per heavy atom. The van der Waals surface area contributed by atoms with Gasteiger partial charge in [0.15, 0.2) is 21.4 Å². The highest BCUT2D eigenvalue weighted by atomic mass is 35.5. The molecule has 0 bridgehead atoms. The second kappa shape index (κ2) is 8.32. The number of aryl methyl sites for hydroxylation is 1. The minimum absolute atomic E-state index is 0.0232. The highest BCUT2D eigenvalue weighted by Crippen LogP contribution is 2.25. The number of amides is 1. The number of hydrogen-bond donors (Lipinski definition) is 1. The minimum atomic E-state index is -3.47. The lowest BCUT2D eigenvalue weighted by atomic mass is 10.2. The van der Waals surface area contributed by atoms with Crippen molar-refractivity contribution in [3.63, 3.8) is 0 Å². The molecule has 1 aromatic carbocycles. The standard InChI is InChI=1S/C21H23ClN4O4S/c1-21(2,3)30-16-10-23-19(24-11-16)18-6-13(12-26(18)4)20(27)25-15-7-14(22)8-17(9-15)31(5,28)29/h6-12H,1-5H3,(H,25,27). The highest BCUT2D eigenvalue weighted by Gasteiger charge is 2.17. The van der Waals surface area contributed by atoms with Crippen LogP contribution in [0.25, 0.3) is 11.5 Å². The van der Waals surface area contributed by atoms with Crippen LogP contribution in [-0.2, 0) is 16.9 Å². The lowest BCUT2D eigenvalue weighted by Gasteiger charge is -2.20. The number of rotatable bonds is 5. The van der Waals surface area contributed by atoms with Crippen molar-refractivity contribution in [3.8, 4) is 17.3 Å². The van der Waals surface area contributed by atoms with E-state index in [4.69, 9.17) is 16.3 Å². The third-order valence-corrected chi connectivity index (χ3v) is 5.42. The molecule has 164 valence electrons. The van der Waals surface area contributed by atoms with E-state index in [1.54, 1.807) is 36.3 Å². The van der Waals surface area contributed by atoms with Gasteiger partial charge in [-0.2, -0.15) is 0 Å². The van der Waals surface area contributed by atoms with Crippen LogP contribution in [0.15, 0.2) is 47.8 Å². The van der Waals surface area contributed by atoms with Gasteiger partial charge in [-0.25, -0.2) is 18.4 Å². The van der Waals surface area contributed by atoms with Gasteiger partial charge in [-0.05, 0) is 45.0 Å². The average Bonchev–Trinajstić information content (AvgIpc) is 3.02. The number of nitrogens with zero attached hydrogens (tertiary/aromatic N) is 3. The molecule has 3 aromatic rings. The SMILES string of the molecule is Cn1cc(C(=O)Nc2cc(Cl)cc(S(C)(=O)=O)c2)cc1-c1ncc(OC(C)(C)C)cn1. The summed E-state index contributed by atoms with van der Waals surface area (Å²) < 4.78 is 31.1. The minimum Gasteiger partial charge on any atom is -0.485 e. The Morgan fingerprint density at radius 1 is 1.13 bits per heavy atom. The van der Waals surface area contributed by atoms with E-state index in [0.717, 1.165) is 6.26 Å². The summed E-state index contributed by atoms with van der Waals surface area (Å²) in [6.45, 7) is 5.80. The first-order valence-corrected chi connectivity index (χ1v) is 11.6. The van der Waals surface area contributed by atoms with E-state index in [9.17, 15) is 13.2 Å². The molecule has 0 aliphatic heterocycles. The summed E-state index contributed by atoms with van der Waals surface area (Å²) in [5.74, 6) is 0.562. The van der Waals surface area contributed by atoms with Crippen molar-refractivity contribution in [2.24, 2.45) is 7.05 Å². The maximum atomic E-state index is 12.7. The summed E-state index contributed by atoms with van der Waals surface area (Å²) in [5, 5.41) is 2.88. The number of benzene rings is 1. The Labute approximate surface area is 186 Å². The van der Waals surface area contributed by atoms with Crippen molar-refractivity contribution < 1.29 is 17.9 Å². The molecule has 0 spiro atoms. The van der Waals surface area contributed by atoms with E-state index in [0.29, 0.717) is 22.8 Å². The first kappa shape index (κ1) is 22.8. The smallest absolute Gasteiger partial charge is 0.257 e. The molecule has 0 radical (unpaired) electrons. The Bertz CT molecular complexity index is 1230.